The lowest BCUT2D eigenvalue weighted by molar-refractivity contribution is 0.561. The summed E-state index contributed by atoms with van der Waals surface area (Å²) in [6.07, 6.45) is 5.55. The van der Waals surface area contributed by atoms with Gasteiger partial charge in [0.1, 0.15) is 24.0 Å². The molecule has 0 fully saturated rings. The zero-order valence-electron chi connectivity index (χ0n) is 20.9. The van der Waals surface area contributed by atoms with Gasteiger partial charge < -0.3 is 0 Å². The zero-order chi connectivity index (χ0) is 26.6. The van der Waals surface area contributed by atoms with Crippen LogP contribution in [0.15, 0.2) is 108 Å². The maximum Gasteiger partial charge on any atom is 0.140 e. The number of hydrogen-bond acceptors (Lipinski definition) is 3. The van der Waals surface area contributed by atoms with E-state index < -0.39 is 17.9 Å². The molecule has 5 heteroatoms. The molecule has 0 aliphatic heterocycles. The van der Waals surface area contributed by atoms with Crippen molar-refractivity contribution in [1.29, 1.82) is 5.26 Å². The van der Waals surface area contributed by atoms with Crippen molar-refractivity contribution in [3.8, 4) is 17.3 Å². The molecule has 0 bridgehead atoms. The first-order valence-electron chi connectivity index (χ1n) is 11.9. The first-order valence-corrected chi connectivity index (χ1v) is 11.9. The topological polar surface area (TPSA) is 49.0 Å². The number of aliphatic imine (C=N–C) groups is 1. The fourth-order valence-corrected chi connectivity index (χ4v) is 5.02. The minimum absolute atomic E-state index is 0.0402. The molecule has 37 heavy (non-hydrogen) atoms. The highest BCUT2D eigenvalue weighted by Gasteiger charge is 2.47. The van der Waals surface area contributed by atoms with Crippen molar-refractivity contribution < 1.29 is 8.78 Å². The number of allylic oxidation sites excluding steroid dienone is 5. The molecule has 2 aromatic carbocycles. The van der Waals surface area contributed by atoms with Crippen LogP contribution in [0.2, 0.25) is 0 Å². The maximum atomic E-state index is 14.0. The number of rotatable bonds is 8. The molecule has 1 atom stereocenters. The molecule has 4 rings (SSSR count). The lowest BCUT2D eigenvalue weighted by atomic mass is 9.72. The molecule has 0 amide bonds. The Balaban J connectivity index is 1.96. The number of nitriles is 1. The van der Waals surface area contributed by atoms with Crippen LogP contribution in [-0.2, 0) is 5.41 Å². The van der Waals surface area contributed by atoms with Crippen LogP contribution >= 0.6 is 0 Å². The minimum atomic E-state index is -0.876. The first-order chi connectivity index (χ1) is 17.9. The summed E-state index contributed by atoms with van der Waals surface area (Å²) in [4.78, 5) is 9.92. The molecule has 3 nitrogen and oxygen atoms in total. The molecule has 0 radical (unpaired) electrons. The van der Waals surface area contributed by atoms with E-state index in [0.29, 0.717) is 29.1 Å². The average molecular weight is 492 g/mol. The van der Waals surface area contributed by atoms with E-state index in [9.17, 15) is 14.0 Å². The number of halogens is 2. The van der Waals surface area contributed by atoms with Gasteiger partial charge in [-0.3, -0.25) is 9.98 Å². The van der Waals surface area contributed by atoms with E-state index in [1.54, 1.807) is 12.1 Å². The summed E-state index contributed by atoms with van der Waals surface area (Å²) in [6, 6.07) is 20.0. The van der Waals surface area contributed by atoms with Crippen LogP contribution in [0, 0.1) is 17.1 Å². The minimum Gasteiger partial charge on any atom is -0.261 e. The zero-order valence-corrected chi connectivity index (χ0v) is 20.9. The monoisotopic (exact) mass is 491 g/mol. The number of alkyl halides is 1. The number of pyridine rings is 1. The number of benzene rings is 2. The Kier molecular flexibility index (Phi) is 7.40. The Labute approximate surface area is 216 Å². The van der Waals surface area contributed by atoms with Crippen LogP contribution in [0.5, 0.6) is 0 Å². The van der Waals surface area contributed by atoms with Crippen LogP contribution in [0.25, 0.3) is 16.8 Å². The third kappa shape index (κ3) is 4.47. The van der Waals surface area contributed by atoms with Gasteiger partial charge in [-0.05, 0) is 66.5 Å². The molecule has 184 valence electrons. The Morgan fingerprint density at radius 3 is 2.65 bits per heavy atom. The second-order valence-electron chi connectivity index (χ2n) is 8.88. The molecule has 3 aromatic rings. The molecule has 1 aliphatic rings. The summed E-state index contributed by atoms with van der Waals surface area (Å²) >= 11 is 0. The molecule has 0 saturated heterocycles. The Morgan fingerprint density at radius 1 is 1.14 bits per heavy atom. The first kappa shape index (κ1) is 25.7. The number of aromatic nitrogens is 1. The third-order valence-electron chi connectivity index (χ3n) is 6.74. The molecule has 1 heterocycles. The standard InChI is InChI=1S/C32H27F2N3/c1-5-26-22(3)32(28-13-7-6-12-27(26)28,23(4)36-21(2)11-8-9-18-33)31-15-10-14-30(37-31)24-16-17-29(34)25(19-24)20-35/h5-10,12-17,19H,1,4,11,18H2,2-3H3. The van der Waals surface area contributed by atoms with Crippen LogP contribution in [0.3, 0.4) is 0 Å². The second-order valence-corrected chi connectivity index (χ2v) is 8.88. The predicted octanol–water partition coefficient (Wildman–Crippen LogP) is 7.91. The number of fused-ring (bicyclic) bond motifs is 1. The van der Waals surface area contributed by atoms with Gasteiger partial charge in [-0.1, -0.05) is 61.7 Å². The van der Waals surface area contributed by atoms with Gasteiger partial charge >= 0.3 is 0 Å². The highest BCUT2D eigenvalue weighted by Crippen LogP contribution is 2.54. The quantitative estimate of drug-likeness (QED) is 0.237. The summed E-state index contributed by atoms with van der Waals surface area (Å²) in [6.45, 7) is 11.9. The molecule has 0 spiro atoms. The molecular formula is C32H27F2N3. The van der Waals surface area contributed by atoms with Crippen molar-refractivity contribution in [1.82, 2.24) is 4.98 Å². The fraction of sp³-hybridized carbons (Fsp3) is 0.156. The van der Waals surface area contributed by atoms with Gasteiger partial charge in [-0.15, -0.1) is 0 Å². The summed E-state index contributed by atoms with van der Waals surface area (Å²) in [5.41, 5.74) is 6.40. The van der Waals surface area contributed by atoms with Crippen molar-refractivity contribution in [3.63, 3.8) is 0 Å². The Morgan fingerprint density at radius 2 is 1.92 bits per heavy atom. The van der Waals surface area contributed by atoms with E-state index >= 15 is 0 Å². The predicted molar refractivity (Wildman–Crippen MR) is 146 cm³/mol. The lowest BCUT2D eigenvalue weighted by Crippen LogP contribution is -2.30. The summed E-state index contributed by atoms with van der Waals surface area (Å²) in [5.74, 6) is -0.571. The lowest BCUT2D eigenvalue weighted by Gasteiger charge is -2.33. The molecule has 1 aliphatic carbocycles. The fourth-order valence-electron chi connectivity index (χ4n) is 5.02. The molecule has 0 N–H and O–H groups in total. The van der Waals surface area contributed by atoms with E-state index in [1.165, 1.54) is 18.2 Å². The highest BCUT2D eigenvalue weighted by atomic mass is 19.1. The van der Waals surface area contributed by atoms with Gasteiger partial charge in [-0.25, -0.2) is 8.78 Å². The summed E-state index contributed by atoms with van der Waals surface area (Å²) in [5, 5.41) is 9.31. The van der Waals surface area contributed by atoms with Crippen LogP contribution in [0.4, 0.5) is 8.78 Å². The summed E-state index contributed by atoms with van der Waals surface area (Å²) in [7, 11) is 0. The van der Waals surface area contributed by atoms with Gasteiger partial charge in [-0.2, -0.15) is 5.26 Å². The summed E-state index contributed by atoms with van der Waals surface area (Å²) < 4.78 is 26.6. The van der Waals surface area contributed by atoms with E-state index in [1.807, 2.05) is 56.3 Å². The Hall–Kier alpha value is -4.43. The largest absolute Gasteiger partial charge is 0.261 e. The van der Waals surface area contributed by atoms with E-state index in [0.717, 1.165) is 28.0 Å². The van der Waals surface area contributed by atoms with Crippen LogP contribution in [0.1, 0.15) is 42.7 Å². The van der Waals surface area contributed by atoms with Crippen molar-refractivity contribution in [2.75, 3.05) is 6.67 Å². The van der Waals surface area contributed by atoms with Crippen LogP contribution < -0.4 is 0 Å². The molecule has 1 aromatic heterocycles. The smallest absolute Gasteiger partial charge is 0.140 e. The number of hydrogen-bond donors (Lipinski definition) is 0. The van der Waals surface area contributed by atoms with Gasteiger partial charge in [0.15, 0.2) is 0 Å². The maximum absolute atomic E-state index is 14.0. The SMILES string of the molecule is C=CC1=C(C)C(C(=C)N=C(C)CC=CCF)(c2cccc(-c3ccc(F)c(C#N)c3)n2)c2ccccc21. The van der Waals surface area contributed by atoms with Crippen molar-refractivity contribution in [2.45, 2.75) is 25.7 Å². The van der Waals surface area contributed by atoms with Crippen molar-refractivity contribution in [3.05, 3.63) is 132 Å². The molecule has 0 saturated carbocycles. The molecule has 1 unspecified atom stereocenters. The highest BCUT2D eigenvalue weighted by molar-refractivity contribution is 5.90. The van der Waals surface area contributed by atoms with Crippen molar-refractivity contribution >= 4 is 11.3 Å². The van der Waals surface area contributed by atoms with Gasteiger partial charge in [0.2, 0.25) is 0 Å². The van der Waals surface area contributed by atoms with Crippen LogP contribution in [-0.4, -0.2) is 17.4 Å². The second kappa shape index (κ2) is 10.7. The van der Waals surface area contributed by atoms with E-state index in [4.69, 9.17) is 9.98 Å². The van der Waals surface area contributed by atoms with Gasteiger partial charge in [0, 0.05) is 17.7 Å². The Bertz CT molecular complexity index is 1520. The van der Waals surface area contributed by atoms with Gasteiger partial charge in [0.25, 0.3) is 0 Å². The average Bonchev–Trinajstić information content (AvgIpc) is 3.17. The van der Waals surface area contributed by atoms with E-state index in [-0.39, 0.29) is 5.56 Å². The van der Waals surface area contributed by atoms with Gasteiger partial charge in [0.05, 0.1) is 22.6 Å². The molecular weight excluding hydrogens is 464 g/mol. The normalized spacial score (nSPS) is 17.1. The van der Waals surface area contributed by atoms with Crippen molar-refractivity contribution in [2.24, 2.45) is 4.99 Å². The van der Waals surface area contributed by atoms with E-state index in [2.05, 4.69) is 25.3 Å². The number of nitrogens with zero attached hydrogens (tertiary/aromatic N) is 3. The third-order valence-corrected chi connectivity index (χ3v) is 6.74.